The van der Waals surface area contributed by atoms with Gasteiger partial charge in [0.2, 0.25) is 0 Å². The van der Waals surface area contributed by atoms with Crippen molar-refractivity contribution in [1.29, 1.82) is 0 Å². The highest BCUT2D eigenvalue weighted by Gasteiger charge is 2.21. The summed E-state index contributed by atoms with van der Waals surface area (Å²) in [4.78, 5) is 16.0. The van der Waals surface area contributed by atoms with Crippen molar-refractivity contribution < 1.29 is 4.79 Å². The summed E-state index contributed by atoms with van der Waals surface area (Å²) >= 11 is 3.43. The minimum absolute atomic E-state index is 0.0260. The Bertz CT molecular complexity index is 922. The van der Waals surface area contributed by atoms with Crippen molar-refractivity contribution in [2.24, 2.45) is 0 Å². The number of benzene rings is 2. The molecule has 0 unspecified atom stereocenters. The van der Waals surface area contributed by atoms with Gasteiger partial charge >= 0.3 is 0 Å². The number of carbonyl (C=O) groups is 1. The lowest BCUT2D eigenvalue weighted by Crippen LogP contribution is -2.10. The van der Waals surface area contributed by atoms with Crippen molar-refractivity contribution in [2.75, 3.05) is 5.32 Å². The van der Waals surface area contributed by atoms with Gasteiger partial charge in [0.05, 0.1) is 4.88 Å². The maximum Gasteiger partial charge on any atom is 0.265 e. The van der Waals surface area contributed by atoms with Gasteiger partial charge in [0, 0.05) is 26.8 Å². The van der Waals surface area contributed by atoms with Crippen LogP contribution in [0.4, 0.5) is 5.69 Å². The van der Waals surface area contributed by atoms with Gasteiger partial charge in [-0.15, -0.1) is 23.1 Å². The normalized spacial score (nSPS) is 12.4. The minimum atomic E-state index is -0.0260. The monoisotopic (exact) mass is 351 g/mol. The highest BCUT2D eigenvalue weighted by Crippen LogP contribution is 2.45. The summed E-state index contributed by atoms with van der Waals surface area (Å²) in [7, 11) is 0. The molecule has 1 aliphatic rings. The zero-order valence-corrected chi connectivity index (χ0v) is 15.2. The Hall–Kier alpha value is -2.04. The maximum atomic E-state index is 12.7. The zero-order chi connectivity index (χ0) is 16.7. The summed E-state index contributed by atoms with van der Waals surface area (Å²) in [5.41, 5.74) is 5.68. The molecule has 0 spiro atoms. The molecular weight excluding hydrogens is 334 g/mol. The topological polar surface area (TPSA) is 29.1 Å². The first-order valence-corrected chi connectivity index (χ1v) is 9.65. The van der Waals surface area contributed by atoms with Crippen LogP contribution in [0.25, 0.3) is 10.4 Å². The van der Waals surface area contributed by atoms with E-state index in [-0.39, 0.29) is 5.91 Å². The van der Waals surface area contributed by atoms with Crippen LogP contribution in [0.5, 0.6) is 0 Å². The number of hydrogen-bond donors (Lipinski definition) is 1. The first kappa shape index (κ1) is 15.5. The van der Waals surface area contributed by atoms with Crippen LogP contribution in [0.15, 0.2) is 53.4 Å². The second-order valence-electron chi connectivity index (χ2n) is 6.08. The van der Waals surface area contributed by atoms with Crippen LogP contribution in [-0.4, -0.2) is 5.91 Å². The number of nitrogens with one attached hydrogen (secondary N) is 1. The van der Waals surface area contributed by atoms with Gasteiger partial charge in [-0.3, -0.25) is 4.79 Å². The Labute approximate surface area is 149 Å². The molecule has 1 amide bonds. The van der Waals surface area contributed by atoms with Crippen molar-refractivity contribution in [3.8, 4) is 10.4 Å². The highest BCUT2D eigenvalue weighted by atomic mass is 32.2. The number of thioether (sulfide) groups is 1. The van der Waals surface area contributed by atoms with Crippen LogP contribution < -0.4 is 5.32 Å². The van der Waals surface area contributed by atoms with Crippen LogP contribution in [0.2, 0.25) is 0 Å². The molecule has 2 heterocycles. The summed E-state index contributed by atoms with van der Waals surface area (Å²) in [6, 6.07) is 16.6. The van der Waals surface area contributed by atoms with E-state index in [4.69, 9.17) is 0 Å². The summed E-state index contributed by atoms with van der Waals surface area (Å²) in [6.45, 7) is 4.08. The van der Waals surface area contributed by atoms with Gasteiger partial charge in [0.25, 0.3) is 5.91 Å². The Kier molecular flexibility index (Phi) is 3.94. The predicted molar refractivity (Wildman–Crippen MR) is 103 cm³/mol. The summed E-state index contributed by atoms with van der Waals surface area (Å²) < 4.78 is 0. The van der Waals surface area contributed by atoms with Gasteiger partial charge in [-0.2, -0.15) is 0 Å². The van der Waals surface area contributed by atoms with E-state index < -0.39 is 0 Å². The van der Waals surface area contributed by atoms with E-state index >= 15 is 0 Å². The molecule has 24 heavy (non-hydrogen) atoms. The minimum Gasteiger partial charge on any atom is -0.321 e. The number of carbonyl (C=O) groups excluding carboxylic acids is 1. The Morgan fingerprint density at radius 1 is 1.04 bits per heavy atom. The summed E-state index contributed by atoms with van der Waals surface area (Å²) in [5, 5.41) is 3.04. The van der Waals surface area contributed by atoms with Crippen LogP contribution in [0, 0.1) is 13.8 Å². The third kappa shape index (κ3) is 2.87. The number of thiophene rings is 1. The lowest BCUT2D eigenvalue weighted by molar-refractivity contribution is 0.103. The Morgan fingerprint density at radius 3 is 2.58 bits per heavy atom. The second-order valence-corrected chi connectivity index (χ2v) is 8.15. The van der Waals surface area contributed by atoms with E-state index in [1.807, 2.05) is 43.8 Å². The predicted octanol–water partition coefficient (Wildman–Crippen LogP) is 5.89. The van der Waals surface area contributed by atoms with Crippen molar-refractivity contribution in [1.82, 2.24) is 0 Å². The number of aryl methyl sites for hydroxylation is 2. The van der Waals surface area contributed by atoms with Crippen molar-refractivity contribution in [3.05, 3.63) is 70.1 Å². The number of fused-ring (bicyclic) bond motifs is 3. The lowest BCUT2D eigenvalue weighted by Gasteiger charge is -2.14. The molecular formula is C20H17NOS2. The van der Waals surface area contributed by atoms with Crippen LogP contribution in [-0.2, 0) is 5.75 Å². The first-order chi connectivity index (χ1) is 11.6. The fourth-order valence-electron chi connectivity index (χ4n) is 3.05. The van der Waals surface area contributed by atoms with Gasteiger partial charge in [0.1, 0.15) is 0 Å². The van der Waals surface area contributed by atoms with Crippen LogP contribution >= 0.6 is 23.1 Å². The molecule has 0 saturated carbocycles. The Balaban J connectivity index is 1.64. The number of anilines is 1. The van der Waals surface area contributed by atoms with E-state index in [9.17, 15) is 4.79 Å². The largest absolute Gasteiger partial charge is 0.321 e. The number of rotatable bonds is 2. The van der Waals surface area contributed by atoms with Gasteiger partial charge in [-0.1, -0.05) is 24.3 Å². The molecule has 0 fully saturated rings. The van der Waals surface area contributed by atoms with Gasteiger partial charge in [-0.25, -0.2) is 0 Å². The fraction of sp³-hybridized carbons (Fsp3) is 0.150. The van der Waals surface area contributed by atoms with Crippen molar-refractivity contribution in [3.63, 3.8) is 0 Å². The van der Waals surface area contributed by atoms with E-state index in [2.05, 4.69) is 35.6 Å². The second kappa shape index (κ2) is 6.11. The molecule has 0 bridgehead atoms. The molecule has 1 aliphatic heterocycles. The van der Waals surface area contributed by atoms with Gasteiger partial charge in [0.15, 0.2) is 0 Å². The molecule has 1 aromatic heterocycles. The molecule has 3 aromatic rings. The Morgan fingerprint density at radius 2 is 1.79 bits per heavy atom. The SMILES string of the molecule is Cc1cc(C)cc(NC(=O)c2cc3c(s2)-c2ccccc2SC3)c1. The van der Waals surface area contributed by atoms with E-state index in [1.54, 1.807) is 11.3 Å². The highest BCUT2D eigenvalue weighted by molar-refractivity contribution is 7.98. The van der Waals surface area contributed by atoms with Crippen LogP contribution in [0.3, 0.4) is 0 Å². The molecule has 120 valence electrons. The zero-order valence-electron chi connectivity index (χ0n) is 13.6. The van der Waals surface area contributed by atoms with Crippen molar-refractivity contribution in [2.45, 2.75) is 24.5 Å². The van der Waals surface area contributed by atoms with E-state index in [1.165, 1.54) is 20.9 Å². The third-order valence-electron chi connectivity index (χ3n) is 4.03. The first-order valence-electron chi connectivity index (χ1n) is 7.85. The van der Waals surface area contributed by atoms with E-state index in [0.717, 1.165) is 27.4 Å². The van der Waals surface area contributed by atoms with Gasteiger partial charge in [-0.05, 0) is 54.8 Å². The smallest absolute Gasteiger partial charge is 0.265 e. The number of amides is 1. The summed E-state index contributed by atoms with van der Waals surface area (Å²) in [6.07, 6.45) is 0. The van der Waals surface area contributed by atoms with Crippen LogP contribution in [0.1, 0.15) is 26.4 Å². The average Bonchev–Trinajstić information content (AvgIpc) is 2.98. The maximum absolute atomic E-state index is 12.7. The third-order valence-corrected chi connectivity index (χ3v) is 6.36. The molecule has 4 heteroatoms. The molecule has 0 saturated heterocycles. The molecule has 1 N–H and O–H groups in total. The standard InChI is InChI=1S/C20H17NOS2/c1-12-7-13(2)9-15(8-12)21-20(22)18-10-14-11-23-17-6-4-3-5-16(17)19(14)24-18/h3-10H,11H2,1-2H3,(H,21,22). The lowest BCUT2D eigenvalue weighted by atomic mass is 10.1. The fourth-order valence-corrected chi connectivity index (χ4v) is 5.36. The quantitative estimate of drug-likeness (QED) is 0.624. The molecule has 4 rings (SSSR count). The van der Waals surface area contributed by atoms with Gasteiger partial charge < -0.3 is 5.32 Å². The van der Waals surface area contributed by atoms with Crippen molar-refractivity contribution >= 4 is 34.7 Å². The van der Waals surface area contributed by atoms with E-state index in [0.29, 0.717) is 0 Å². The molecule has 0 aliphatic carbocycles. The number of hydrogen-bond acceptors (Lipinski definition) is 3. The average molecular weight is 351 g/mol. The molecule has 0 atom stereocenters. The molecule has 2 aromatic carbocycles. The molecule has 0 radical (unpaired) electrons. The molecule has 2 nitrogen and oxygen atoms in total. The summed E-state index contributed by atoms with van der Waals surface area (Å²) in [5.74, 6) is 0.904.